The summed E-state index contributed by atoms with van der Waals surface area (Å²) in [6, 6.07) is 18.0. The van der Waals surface area contributed by atoms with E-state index in [1.165, 1.54) is 5.56 Å². The number of nitrogens with zero attached hydrogens (tertiary/aromatic N) is 1. The molecule has 1 N–H and O–H groups in total. The van der Waals surface area contributed by atoms with Gasteiger partial charge in [-0.25, -0.2) is 5.43 Å². The van der Waals surface area contributed by atoms with Crippen LogP contribution in [0.4, 0.5) is 0 Å². The summed E-state index contributed by atoms with van der Waals surface area (Å²) in [7, 11) is 0. The predicted molar refractivity (Wildman–Crippen MR) is 115 cm³/mol. The maximum Gasteiger partial charge on any atom is 0.244 e. The summed E-state index contributed by atoms with van der Waals surface area (Å²) >= 11 is 0. The number of carbonyl (C=O) groups excluding carboxylic acids is 1. The number of aryl methyl sites for hydroxylation is 2. The van der Waals surface area contributed by atoms with Gasteiger partial charge < -0.3 is 4.74 Å². The first kappa shape index (κ1) is 19.4. The van der Waals surface area contributed by atoms with Crippen LogP contribution in [0.1, 0.15) is 22.3 Å². The van der Waals surface area contributed by atoms with Crippen LogP contribution in [0.15, 0.2) is 72.4 Å². The van der Waals surface area contributed by atoms with Crippen LogP contribution in [0.3, 0.4) is 0 Å². The second-order valence-electron chi connectivity index (χ2n) is 6.70. The standard InChI is InChI=1S/C24H24N2O2/c1-4-13-28-23-12-11-19-7-5-6-8-21(19)22(23)16-25-26-24(27)15-20-10-9-17(2)14-18(20)3/h4-12,14,16H,1,13,15H2,2-3H3,(H,26,27)/b25-16-. The smallest absolute Gasteiger partial charge is 0.244 e. The first-order valence-corrected chi connectivity index (χ1v) is 9.22. The number of nitrogens with one attached hydrogen (secondary N) is 1. The van der Waals surface area contributed by atoms with Crippen molar-refractivity contribution in [1.29, 1.82) is 0 Å². The number of benzene rings is 3. The van der Waals surface area contributed by atoms with Crippen molar-refractivity contribution in [3.63, 3.8) is 0 Å². The molecule has 0 saturated heterocycles. The molecule has 0 fully saturated rings. The van der Waals surface area contributed by atoms with E-state index in [9.17, 15) is 4.79 Å². The Labute approximate surface area is 165 Å². The Morgan fingerprint density at radius 2 is 1.96 bits per heavy atom. The van der Waals surface area contributed by atoms with E-state index < -0.39 is 0 Å². The lowest BCUT2D eigenvalue weighted by Crippen LogP contribution is -2.20. The molecule has 142 valence electrons. The van der Waals surface area contributed by atoms with Gasteiger partial charge in [0.25, 0.3) is 0 Å². The molecule has 0 unspecified atom stereocenters. The molecule has 0 aliphatic carbocycles. The molecule has 0 radical (unpaired) electrons. The first-order valence-electron chi connectivity index (χ1n) is 9.22. The van der Waals surface area contributed by atoms with E-state index in [1.807, 2.05) is 62.4 Å². The Kier molecular flexibility index (Phi) is 6.22. The van der Waals surface area contributed by atoms with E-state index in [4.69, 9.17) is 4.74 Å². The zero-order chi connectivity index (χ0) is 19.9. The monoisotopic (exact) mass is 372 g/mol. The Morgan fingerprint density at radius 1 is 1.14 bits per heavy atom. The number of ether oxygens (including phenoxy) is 1. The van der Waals surface area contributed by atoms with Gasteiger partial charge in [0.15, 0.2) is 0 Å². The Morgan fingerprint density at radius 3 is 2.75 bits per heavy atom. The third kappa shape index (κ3) is 4.65. The summed E-state index contributed by atoms with van der Waals surface area (Å²) < 4.78 is 5.75. The second-order valence-corrected chi connectivity index (χ2v) is 6.70. The van der Waals surface area contributed by atoms with E-state index in [0.29, 0.717) is 18.8 Å². The van der Waals surface area contributed by atoms with Crippen molar-refractivity contribution in [2.45, 2.75) is 20.3 Å². The number of amides is 1. The molecule has 4 nitrogen and oxygen atoms in total. The maximum absolute atomic E-state index is 12.3. The number of hydrazone groups is 1. The number of fused-ring (bicyclic) bond motifs is 1. The average molecular weight is 372 g/mol. The Hall–Kier alpha value is -3.40. The molecular formula is C24H24N2O2. The van der Waals surface area contributed by atoms with Crippen LogP contribution in [0.5, 0.6) is 5.75 Å². The molecule has 3 rings (SSSR count). The van der Waals surface area contributed by atoms with Gasteiger partial charge in [-0.05, 0) is 41.8 Å². The molecule has 0 saturated carbocycles. The highest BCUT2D eigenvalue weighted by atomic mass is 16.5. The van der Waals surface area contributed by atoms with E-state index in [1.54, 1.807) is 12.3 Å². The molecule has 0 atom stereocenters. The minimum absolute atomic E-state index is 0.156. The highest BCUT2D eigenvalue weighted by Crippen LogP contribution is 2.26. The third-order valence-electron chi connectivity index (χ3n) is 4.52. The SMILES string of the molecule is C=CCOc1ccc2ccccc2c1/C=N\NC(=O)Cc1ccc(C)cc1C. The second kappa shape index (κ2) is 9.00. The molecule has 4 heteroatoms. The molecular weight excluding hydrogens is 348 g/mol. The number of hydrogen-bond acceptors (Lipinski definition) is 3. The largest absolute Gasteiger partial charge is 0.489 e. The fraction of sp³-hybridized carbons (Fsp3) is 0.167. The number of rotatable bonds is 7. The minimum atomic E-state index is -0.156. The maximum atomic E-state index is 12.3. The van der Waals surface area contributed by atoms with Gasteiger partial charge in [0.2, 0.25) is 5.91 Å². The zero-order valence-corrected chi connectivity index (χ0v) is 16.2. The molecule has 28 heavy (non-hydrogen) atoms. The summed E-state index contributed by atoms with van der Waals surface area (Å²) in [5, 5.41) is 6.26. The lowest BCUT2D eigenvalue weighted by Gasteiger charge is -2.10. The summed E-state index contributed by atoms with van der Waals surface area (Å²) in [6.07, 6.45) is 3.63. The average Bonchev–Trinajstić information content (AvgIpc) is 2.69. The molecule has 0 bridgehead atoms. The molecule has 3 aromatic carbocycles. The topological polar surface area (TPSA) is 50.7 Å². The van der Waals surface area contributed by atoms with Crippen molar-refractivity contribution in [2.75, 3.05) is 6.61 Å². The highest BCUT2D eigenvalue weighted by Gasteiger charge is 2.08. The van der Waals surface area contributed by atoms with Crippen molar-refractivity contribution >= 4 is 22.9 Å². The van der Waals surface area contributed by atoms with Crippen molar-refractivity contribution in [3.05, 3.63) is 89.5 Å². The fourth-order valence-electron chi connectivity index (χ4n) is 3.11. The van der Waals surface area contributed by atoms with Crippen LogP contribution < -0.4 is 10.2 Å². The zero-order valence-electron chi connectivity index (χ0n) is 16.2. The third-order valence-corrected chi connectivity index (χ3v) is 4.52. The van der Waals surface area contributed by atoms with Crippen LogP contribution in [0, 0.1) is 13.8 Å². The summed E-state index contributed by atoms with van der Waals surface area (Å²) in [5.74, 6) is 0.544. The van der Waals surface area contributed by atoms with Gasteiger partial charge in [-0.2, -0.15) is 5.10 Å². The van der Waals surface area contributed by atoms with E-state index >= 15 is 0 Å². The molecule has 3 aromatic rings. The van der Waals surface area contributed by atoms with Gasteiger partial charge in [-0.1, -0.05) is 66.7 Å². The quantitative estimate of drug-likeness (QED) is 0.371. The van der Waals surface area contributed by atoms with E-state index in [2.05, 4.69) is 23.2 Å². The van der Waals surface area contributed by atoms with Crippen molar-refractivity contribution < 1.29 is 9.53 Å². The minimum Gasteiger partial charge on any atom is -0.489 e. The normalized spacial score (nSPS) is 10.9. The summed E-state index contributed by atoms with van der Waals surface area (Å²) in [4.78, 5) is 12.3. The Bertz CT molecular complexity index is 1040. The molecule has 1 amide bonds. The van der Waals surface area contributed by atoms with Gasteiger partial charge in [-0.15, -0.1) is 0 Å². The van der Waals surface area contributed by atoms with E-state index in [-0.39, 0.29) is 5.91 Å². The molecule has 0 aliphatic heterocycles. The van der Waals surface area contributed by atoms with Gasteiger partial charge in [0, 0.05) is 5.56 Å². The highest BCUT2D eigenvalue weighted by molar-refractivity contribution is 6.02. The fourth-order valence-corrected chi connectivity index (χ4v) is 3.11. The van der Waals surface area contributed by atoms with Crippen molar-refractivity contribution in [2.24, 2.45) is 5.10 Å². The van der Waals surface area contributed by atoms with Gasteiger partial charge in [0.1, 0.15) is 12.4 Å². The molecule has 0 aliphatic rings. The summed E-state index contributed by atoms with van der Waals surface area (Å²) in [5.41, 5.74) is 6.74. The van der Waals surface area contributed by atoms with Gasteiger partial charge >= 0.3 is 0 Å². The van der Waals surface area contributed by atoms with E-state index in [0.717, 1.165) is 27.5 Å². The lowest BCUT2D eigenvalue weighted by atomic mass is 10.0. The van der Waals surface area contributed by atoms with Crippen molar-refractivity contribution in [3.8, 4) is 5.75 Å². The molecule has 0 spiro atoms. The number of hydrogen-bond donors (Lipinski definition) is 1. The predicted octanol–water partition coefficient (Wildman–Crippen LogP) is 4.71. The Balaban J connectivity index is 1.78. The van der Waals surface area contributed by atoms with Gasteiger partial charge in [0.05, 0.1) is 12.6 Å². The van der Waals surface area contributed by atoms with Crippen molar-refractivity contribution in [1.82, 2.24) is 5.43 Å². The number of carbonyl (C=O) groups is 1. The van der Waals surface area contributed by atoms with Gasteiger partial charge in [-0.3, -0.25) is 4.79 Å². The first-order chi connectivity index (χ1) is 13.6. The molecule has 0 heterocycles. The van der Waals surface area contributed by atoms with Crippen LogP contribution in [0.2, 0.25) is 0 Å². The summed E-state index contributed by atoms with van der Waals surface area (Å²) in [6.45, 7) is 8.14. The van der Waals surface area contributed by atoms with Crippen LogP contribution >= 0.6 is 0 Å². The van der Waals surface area contributed by atoms with Crippen LogP contribution in [0.25, 0.3) is 10.8 Å². The van der Waals surface area contributed by atoms with Crippen LogP contribution in [-0.4, -0.2) is 18.7 Å². The lowest BCUT2D eigenvalue weighted by molar-refractivity contribution is -0.120. The molecule has 0 aromatic heterocycles. The van der Waals surface area contributed by atoms with Crippen LogP contribution in [-0.2, 0) is 11.2 Å².